The summed E-state index contributed by atoms with van der Waals surface area (Å²) in [5.41, 5.74) is 0. The number of aliphatic carboxylic acids is 2. The van der Waals surface area contributed by atoms with Crippen LogP contribution in [0.1, 0.15) is 13.8 Å². The Morgan fingerprint density at radius 1 is 0.917 bits per heavy atom. The summed E-state index contributed by atoms with van der Waals surface area (Å²) in [7, 11) is 0. The molecule has 6 heteroatoms. The van der Waals surface area contributed by atoms with Gasteiger partial charge >= 0.3 is 11.9 Å². The maximum Gasteiger partial charge on any atom is 0.307 e. The zero-order chi connectivity index (χ0) is 8.31. The summed E-state index contributed by atoms with van der Waals surface area (Å²) in [5.74, 6) is -3.79. The number of hydrogen-bond acceptors (Lipinski definition) is 2. The topological polar surface area (TPSA) is 74.6 Å². The van der Waals surface area contributed by atoms with Crippen molar-refractivity contribution in [2.24, 2.45) is 11.8 Å². The van der Waals surface area contributed by atoms with E-state index in [2.05, 4.69) is 0 Å². The molecule has 0 saturated carbocycles. The van der Waals surface area contributed by atoms with Crippen molar-refractivity contribution >= 4 is 11.9 Å². The third-order valence-electron chi connectivity index (χ3n) is 1.53. The number of carboxylic acid groups (broad SMARTS) is 2. The summed E-state index contributed by atoms with van der Waals surface area (Å²) in [6.45, 7) is 2.75. The molecule has 2 atom stereocenters. The van der Waals surface area contributed by atoms with Crippen LogP contribution in [0.3, 0.4) is 0 Å². The first-order valence-corrected chi connectivity index (χ1v) is 2.92. The van der Waals surface area contributed by atoms with E-state index in [1.54, 1.807) is 0 Å². The van der Waals surface area contributed by atoms with Crippen molar-refractivity contribution in [1.82, 2.24) is 0 Å². The fourth-order valence-corrected chi connectivity index (χ4v) is 0.428. The summed E-state index contributed by atoms with van der Waals surface area (Å²) < 4.78 is 0. The molecule has 4 nitrogen and oxygen atoms in total. The van der Waals surface area contributed by atoms with Crippen molar-refractivity contribution in [2.45, 2.75) is 13.8 Å². The zero-order valence-corrected chi connectivity index (χ0v) is 12.7. The van der Waals surface area contributed by atoms with Gasteiger partial charge in [0.2, 0.25) is 0 Å². The SMILES string of the molecule is CC(C(=O)O)C(C)C(=O)O.[Y].[Y]. The van der Waals surface area contributed by atoms with Gasteiger partial charge in [-0.3, -0.25) is 9.59 Å². The van der Waals surface area contributed by atoms with E-state index in [9.17, 15) is 9.59 Å². The van der Waals surface area contributed by atoms with Crippen LogP contribution >= 0.6 is 0 Å². The van der Waals surface area contributed by atoms with Gasteiger partial charge in [0.15, 0.2) is 0 Å². The molecule has 0 aliphatic heterocycles. The maximum absolute atomic E-state index is 10.2. The third kappa shape index (κ3) is 6.64. The number of carbonyl (C=O) groups is 2. The fraction of sp³-hybridized carbons (Fsp3) is 0.667. The molecular formula is C6H10O4Y2. The van der Waals surface area contributed by atoms with Crippen LogP contribution in [0.5, 0.6) is 0 Å². The van der Waals surface area contributed by atoms with Gasteiger partial charge < -0.3 is 10.2 Å². The van der Waals surface area contributed by atoms with E-state index in [0.29, 0.717) is 0 Å². The average molecular weight is 324 g/mol. The Balaban J connectivity index is -0.000000405. The van der Waals surface area contributed by atoms with Crippen LogP contribution in [0, 0.1) is 11.8 Å². The Bertz CT molecular complexity index is 142. The molecule has 0 bridgehead atoms. The maximum atomic E-state index is 10.2. The van der Waals surface area contributed by atoms with Gasteiger partial charge in [-0.05, 0) is 0 Å². The minimum absolute atomic E-state index is 0. The summed E-state index contributed by atoms with van der Waals surface area (Å²) in [6.07, 6.45) is 0. The molecule has 2 N–H and O–H groups in total. The molecule has 0 aromatic carbocycles. The van der Waals surface area contributed by atoms with Crippen molar-refractivity contribution < 1.29 is 85.2 Å². The Morgan fingerprint density at radius 3 is 1.17 bits per heavy atom. The molecule has 0 spiro atoms. The van der Waals surface area contributed by atoms with Gasteiger partial charge in [-0.1, -0.05) is 13.8 Å². The van der Waals surface area contributed by atoms with Crippen LogP contribution in [-0.2, 0) is 75.0 Å². The molecule has 0 aromatic rings. The number of carboxylic acids is 2. The van der Waals surface area contributed by atoms with Crippen LogP contribution in [0.4, 0.5) is 0 Å². The second-order valence-corrected chi connectivity index (χ2v) is 2.25. The van der Waals surface area contributed by atoms with Gasteiger partial charge in [-0.15, -0.1) is 0 Å². The Labute approximate surface area is 121 Å². The van der Waals surface area contributed by atoms with Crippen molar-refractivity contribution in [3.63, 3.8) is 0 Å². The second kappa shape index (κ2) is 8.73. The van der Waals surface area contributed by atoms with Crippen LogP contribution in [0.25, 0.3) is 0 Å². The minimum atomic E-state index is -1.07. The monoisotopic (exact) mass is 324 g/mol. The first-order chi connectivity index (χ1) is 4.46. The van der Waals surface area contributed by atoms with E-state index in [0.717, 1.165) is 0 Å². The van der Waals surface area contributed by atoms with Gasteiger partial charge in [0, 0.05) is 65.4 Å². The molecule has 0 amide bonds. The zero-order valence-electron chi connectivity index (χ0n) is 7.02. The number of rotatable bonds is 3. The first-order valence-electron chi connectivity index (χ1n) is 2.92. The van der Waals surface area contributed by atoms with Crippen molar-refractivity contribution in [3.05, 3.63) is 0 Å². The van der Waals surface area contributed by atoms with Crippen LogP contribution in [0.15, 0.2) is 0 Å². The predicted molar refractivity (Wildman–Crippen MR) is 33.6 cm³/mol. The summed E-state index contributed by atoms with van der Waals surface area (Å²) in [4.78, 5) is 20.4. The van der Waals surface area contributed by atoms with E-state index in [4.69, 9.17) is 10.2 Å². The molecule has 2 radical (unpaired) electrons. The van der Waals surface area contributed by atoms with E-state index in [1.165, 1.54) is 13.8 Å². The van der Waals surface area contributed by atoms with Crippen molar-refractivity contribution in [3.8, 4) is 0 Å². The molecule has 0 aliphatic carbocycles. The molecule has 12 heavy (non-hydrogen) atoms. The second-order valence-electron chi connectivity index (χ2n) is 2.25. The Morgan fingerprint density at radius 2 is 1.08 bits per heavy atom. The first kappa shape index (κ1) is 18.8. The molecule has 0 rings (SSSR count). The van der Waals surface area contributed by atoms with Gasteiger partial charge in [0.25, 0.3) is 0 Å². The van der Waals surface area contributed by atoms with E-state index in [1.807, 2.05) is 0 Å². The predicted octanol–water partition coefficient (Wildman–Crippen LogP) is 0.423. The molecule has 0 saturated heterocycles. The molecule has 0 aliphatic rings. The van der Waals surface area contributed by atoms with Gasteiger partial charge in [0.1, 0.15) is 0 Å². The van der Waals surface area contributed by atoms with Gasteiger partial charge in [-0.2, -0.15) is 0 Å². The largest absolute Gasteiger partial charge is 0.481 e. The van der Waals surface area contributed by atoms with Gasteiger partial charge in [0.05, 0.1) is 11.8 Å². The number of hydrogen-bond donors (Lipinski definition) is 2. The molecular weight excluding hydrogens is 314 g/mol. The van der Waals surface area contributed by atoms with Crippen LogP contribution in [-0.4, -0.2) is 22.2 Å². The summed E-state index contributed by atoms with van der Waals surface area (Å²) in [5, 5.41) is 16.7. The molecule has 0 aromatic heterocycles. The quantitative estimate of drug-likeness (QED) is 0.789. The van der Waals surface area contributed by atoms with Crippen molar-refractivity contribution in [2.75, 3.05) is 0 Å². The van der Waals surface area contributed by atoms with Gasteiger partial charge in [-0.25, -0.2) is 0 Å². The summed E-state index contributed by atoms with van der Waals surface area (Å²) in [6, 6.07) is 0. The van der Waals surface area contributed by atoms with E-state index in [-0.39, 0.29) is 65.4 Å². The van der Waals surface area contributed by atoms with E-state index >= 15 is 0 Å². The molecule has 0 fully saturated rings. The molecule has 2 unspecified atom stereocenters. The standard InChI is InChI=1S/C6H10O4.2Y/c1-3(5(7)8)4(2)6(9)10;;/h3-4H,1-2H3,(H,7,8)(H,9,10);;. The smallest absolute Gasteiger partial charge is 0.307 e. The normalized spacial score (nSPS) is 13.2. The Kier molecular flexibility index (Phi) is 13.7. The Hall–Kier alpha value is 1.15. The average Bonchev–Trinajstić information content (AvgIpc) is 1.84. The van der Waals surface area contributed by atoms with Crippen molar-refractivity contribution in [1.29, 1.82) is 0 Å². The summed E-state index contributed by atoms with van der Waals surface area (Å²) >= 11 is 0. The fourth-order valence-electron chi connectivity index (χ4n) is 0.428. The molecule has 0 heterocycles. The van der Waals surface area contributed by atoms with Crippen LogP contribution < -0.4 is 0 Å². The van der Waals surface area contributed by atoms with E-state index < -0.39 is 23.8 Å². The third-order valence-corrected chi connectivity index (χ3v) is 1.53. The molecule has 64 valence electrons. The van der Waals surface area contributed by atoms with Crippen LogP contribution in [0.2, 0.25) is 0 Å². The minimum Gasteiger partial charge on any atom is -0.481 e.